The van der Waals surface area contributed by atoms with E-state index < -0.39 is 23.7 Å². The van der Waals surface area contributed by atoms with Crippen LogP contribution in [0, 0.1) is 5.82 Å². The fourth-order valence-corrected chi connectivity index (χ4v) is 2.60. The van der Waals surface area contributed by atoms with Crippen LogP contribution < -0.4 is 10.6 Å². The number of carboxylic acid groups (broad SMARTS) is 1. The number of hydrogen-bond donors (Lipinski definition) is 2. The fourth-order valence-electron chi connectivity index (χ4n) is 2.60. The summed E-state index contributed by atoms with van der Waals surface area (Å²) in [5.41, 5.74) is 6.47. The van der Waals surface area contributed by atoms with E-state index in [2.05, 4.69) is 0 Å². The molecule has 3 N–H and O–H groups in total. The molecule has 1 heterocycles. The number of hydrogen-bond acceptors (Lipinski definition) is 3. The van der Waals surface area contributed by atoms with Gasteiger partial charge < -0.3 is 15.7 Å². The van der Waals surface area contributed by atoms with E-state index in [4.69, 9.17) is 10.8 Å². The molecule has 1 fully saturated rings. The Bertz CT molecular complexity index is 586. The Balaban J connectivity index is 2.41. The molecular weight excluding hydrogens is 275 g/mol. The Morgan fingerprint density at radius 2 is 2.14 bits per heavy atom. The van der Waals surface area contributed by atoms with E-state index in [0.29, 0.717) is 24.2 Å². The third kappa shape index (κ3) is 3.59. The summed E-state index contributed by atoms with van der Waals surface area (Å²) in [4.78, 5) is 24.1. The Hall–Kier alpha value is -2.37. The van der Waals surface area contributed by atoms with Gasteiger partial charge in [-0.1, -0.05) is 0 Å². The van der Waals surface area contributed by atoms with Gasteiger partial charge in [0.1, 0.15) is 11.9 Å². The molecule has 1 atom stereocenters. The highest BCUT2D eigenvalue weighted by Crippen LogP contribution is 2.29. The number of anilines is 1. The first kappa shape index (κ1) is 15.0. The summed E-state index contributed by atoms with van der Waals surface area (Å²) in [6.07, 6.45) is 4.73. The Morgan fingerprint density at radius 3 is 2.81 bits per heavy atom. The van der Waals surface area contributed by atoms with Crippen molar-refractivity contribution in [2.45, 2.75) is 25.3 Å². The lowest BCUT2D eigenvalue weighted by Gasteiger charge is -2.36. The number of rotatable bonds is 4. The molecule has 0 spiro atoms. The first-order chi connectivity index (χ1) is 9.99. The molecule has 1 aliphatic rings. The van der Waals surface area contributed by atoms with Crippen molar-refractivity contribution in [1.29, 1.82) is 0 Å². The summed E-state index contributed by atoms with van der Waals surface area (Å²) in [5.74, 6) is -2.00. The molecule has 1 aromatic rings. The fraction of sp³-hybridized carbons (Fsp3) is 0.333. The van der Waals surface area contributed by atoms with Gasteiger partial charge in [-0.2, -0.15) is 0 Å². The van der Waals surface area contributed by atoms with Crippen LogP contribution in [0.4, 0.5) is 10.1 Å². The minimum atomic E-state index is -1.12. The molecule has 0 saturated carbocycles. The molecule has 1 unspecified atom stereocenters. The van der Waals surface area contributed by atoms with Crippen LogP contribution in [0.2, 0.25) is 0 Å². The van der Waals surface area contributed by atoms with Crippen molar-refractivity contribution in [1.82, 2.24) is 0 Å². The molecule has 1 aliphatic heterocycles. The molecular formula is C15H17FN2O3. The third-order valence-corrected chi connectivity index (χ3v) is 3.54. The first-order valence-electron chi connectivity index (χ1n) is 6.75. The second kappa shape index (κ2) is 6.39. The number of piperidine rings is 1. The summed E-state index contributed by atoms with van der Waals surface area (Å²) < 4.78 is 13.4. The minimum Gasteiger partial charge on any atom is -0.478 e. The molecule has 112 valence electrons. The summed E-state index contributed by atoms with van der Waals surface area (Å²) in [6, 6.07) is 3.65. The molecule has 5 nitrogen and oxygen atoms in total. The van der Waals surface area contributed by atoms with Gasteiger partial charge >= 0.3 is 5.97 Å². The lowest BCUT2D eigenvalue weighted by molar-refractivity contribution is -0.131. The average molecular weight is 292 g/mol. The van der Waals surface area contributed by atoms with Crippen LogP contribution in [0.15, 0.2) is 24.3 Å². The quantitative estimate of drug-likeness (QED) is 0.828. The van der Waals surface area contributed by atoms with E-state index in [1.165, 1.54) is 18.2 Å². The van der Waals surface area contributed by atoms with Gasteiger partial charge in [0.25, 0.3) is 0 Å². The largest absolute Gasteiger partial charge is 0.478 e. The second-order valence-electron chi connectivity index (χ2n) is 4.98. The number of amides is 1. The average Bonchev–Trinajstić information content (AvgIpc) is 2.45. The number of nitrogens with zero attached hydrogens (tertiary/aromatic N) is 1. The molecule has 6 heteroatoms. The van der Waals surface area contributed by atoms with E-state index in [9.17, 15) is 14.0 Å². The van der Waals surface area contributed by atoms with Crippen LogP contribution in [-0.2, 0) is 9.59 Å². The van der Waals surface area contributed by atoms with E-state index >= 15 is 0 Å². The minimum absolute atomic E-state index is 0.422. The monoisotopic (exact) mass is 292 g/mol. The number of benzene rings is 1. The number of carboxylic acids is 1. The zero-order valence-corrected chi connectivity index (χ0v) is 11.5. The van der Waals surface area contributed by atoms with Crippen LogP contribution >= 0.6 is 0 Å². The topological polar surface area (TPSA) is 83.6 Å². The summed E-state index contributed by atoms with van der Waals surface area (Å²) in [5, 5.41) is 8.72. The maximum Gasteiger partial charge on any atom is 0.328 e. The highest BCUT2D eigenvalue weighted by molar-refractivity contribution is 5.88. The molecule has 1 saturated heterocycles. The number of nitrogens with two attached hydrogens (primary N) is 1. The number of carbonyl (C=O) groups is 2. The van der Waals surface area contributed by atoms with Crippen molar-refractivity contribution >= 4 is 23.6 Å². The van der Waals surface area contributed by atoms with Crippen molar-refractivity contribution in [3.8, 4) is 0 Å². The Kier molecular flexibility index (Phi) is 4.57. The van der Waals surface area contributed by atoms with E-state index in [1.807, 2.05) is 4.90 Å². The standard InChI is InChI=1S/C15H17FN2O3/c16-11-5-6-12(10(9-11)4-7-14(19)20)18-8-2-1-3-13(18)15(17)21/h4-7,9,13H,1-3,8H2,(H2,17,21)(H,19,20). The lowest BCUT2D eigenvalue weighted by atomic mass is 9.99. The predicted octanol–water partition coefficient (Wildman–Crippen LogP) is 1.77. The van der Waals surface area contributed by atoms with Crippen molar-refractivity contribution < 1.29 is 19.1 Å². The van der Waals surface area contributed by atoms with Gasteiger partial charge in [-0.3, -0.25) is 4.79 Å². The number of carbonyl (C=O) groups excluding carboxylic acids is 1. The maximum absolute atomic E-state index is 13.4. The van der Waals surface area contributed by atoms with Crippen LogP contribution in [-0.4, -0.2) is 29.6 Å². The molecule has 0 bridgehead atoms. The predicted molar refractivity (Wildman–Crippen MR) is 77.2 cm³/mol. The third-order valence-electron chi connectivity index (χ3n) is 3.54. The SMILES string of the molecule is NC(=O)C1CCCCN1c1ccc(F)cc1C=CC(=O)O. The van der Waals surface area contributed by atoms with Gasteiger partial charge in [-0.25, -0.2) is 9.18 Å². The van der Waals surface area contributed by atoms with Crippen LogP contribution in [0.1, 0.15) is 24.8 Å². The summed E-state index contributed by atoms with van der Waals surface area (Å²) >= 11 is 0. The normalized spacial score (nSPS) is 18.9. The highest BCUT2D eigenvalue weighted by atomic mass is 19.1. The van der Waals surface area contributed by atoms with Gasteiger partial charge in [0, 0.05) is 23.9 Å². The molecule has 21 heavy (non-hydrogen) atoms. The first-order valence-corrected chi connectivity index (χ1v) is 6.75. The van der Waals surface area contributed by atoms with Crippen LogP contribution in [0.3, 0.4) is 0 Å². The van der Waals surface area contributed by atoms with Crippen molar-refractivity contribution in [2.75, 3.05) is 11.4 Å². The summed E-state index contributed by atoms with van der Waals surface area (Å²) in [7, 11) is 0. The van der Waals surface area contributed by atoms with Crippen LogP contribution in [0.5, 0.6) is 0 Å². The number of primary amides is 1. The zero-order valence-electron chi connectivity index (χ0n) is 11.5. The van der Waals surface area contributed by atoms with Gasteiger partial charge in [0.15, 0.2) is 0 Å². The zero-order chi connectivity index (χ0) is 15.4. The van der Waals surface area contributed by atoms with Crippen molar-refractivity contribution in [2.24, 2.45) is 5.73 Å². The molecule has 0 aliphatic carbocycles. The summed E-state index contributed by atoms with van der Waals surface area (Å²) in [6.45, 7) is 0.632. The molecule has 1 aromatic carbocycles. The second-order valence-corrected chi connectivity index (χ2v) is 4.98. The van der Waals surface area contributed by atoms with Crippen molar-refractivity contribution in [3.63, 3.8) is 0 Å². The van der Waals surface area contributed by atoms with Gasteiger partial charge in [-0.15, -0.1) is 0 Å². The lowest BCUT2D eigenvalue weighted by Crippen LogP contribution is -2.48. The van der Waals surface area contributed by atoms with E-state index in [-0.39, 0.29) is 0 Å². The molecule has 0 aromatic heterocycles. The van der Waals surface area contributed by atoms with E-state index in [1.54, 1.807) is 6.07 Å². The van der Waals surface area contributed by atoms with Gasteiger partial charge in [0.2, 0.25) is 5.91 Å². The molecule has 1 amide bonds. The smallest absolute Gasteiger partial charge is 0.328 e. The highest BCUT2D eigenvalue weighted by Gasteiger charge is 2.28. The van der Waals surface area contributed by atoms with Gasteiger partial charge in [-0.05, 0) is 43.5 Å². The number of halogens is 1. The van der Waals surface area contributed by atoms with Crippen LogP contribution in [0.25, 0.3) is 6.08 Å². The molecule has 0 radical (unpaired) electrons. The molecule has 2 rings (SSSR count). The van der Waals surface area contributed by atoms with Gasteiger partial charge in [0.05, 0.1) is 0 Å². The van der Waals surface area contributed by atoms with E-state index in [0.717, 1.165) is 18.9 Å². The number of aliphatic carboxylic acids is 1. The maximum atomic E-state index is 13.4. The van der Waals surface area contributed by atoms with Crippen molar-refractivity contribution in [3.05, 3.63) is 35.7 Å². The Labute approximate surface area is 121 Å². The Morgan fingerprint density at radius 1 is 1.38 bits per heavy atom.